The second-order valence-corrected chi connectivity index (χ2v) is 4.67. The standard InChI is InChI=1S/C11H14BrNO/c12-10-3-1-8(2-4-10)11-6-13-5-9(11)7-14/h1-4,9,11,13-14H,5-7H2/t9-,11-/m1/s1. The van der Waals surface area contributed by atoms with Gasteiger partial charge in [0, 0.05) is 36.0 Å². The van der Waals surface area contributed by atoms with Gasteiger partial charge >= 0.3 is 0 Å². The van der Waals surface area contributed by atoms with Crippen LogP contribution in [0.5, 0.6) is 0 Å². The molecule has 1 heterocycles. The van der Waals surface area contributed by atoms with E-state index in [1.807, 2.05) is 0 Å². The van der Waals surface area contributed by atoms with Crippen LogP contribution in [-0.4, -0.2) is 24.8 Å². The molecule has 1 aliphatic heterocycles. The van der Waals surface area contributed by atoms with Crippen molar-refractivity contribution in [2.75, 3.05) is 19.7 Å². The molecular formula is C11H14BrNO. The molecule has 0 radical (unpaired) electrons. The minimum Gasteiger partial charge on any atom is -0.396 e. The van der Waals surface area contributed by atoms with Crippen LogP contribution in [-0.2, 0) is 0 Å². The lowest BCUT2D eigenvalue weighted by Gasteiger charge is -2.16. The molecule has 0 saturated carbocycles. The van der Waals surface area contributed by atoms with Gasteiger partial charge in [-0.3, -0.25) is 0 Å². The maximum absolute atomic E-state index is 9.20. The third-order valence-corrected chi connectivity index (χ3v) is 3.40. The summed E-state index contributed by atoms with van der Waals surface area (Å²) in [7, 11) is 0. The Kier molecular flexibility index (Phi) is 3.21. The van der Waals surface area contributed by atoms with Crippen molar-refractivity contribution >= 4 is 15.9 Å². The highest BCUT2D eigenvalue weighted by molar-refractivity contribution is 9.10. The molecule has 2 rings (SSSR count). The molecule has 2 nitrogen and oxygen atoms in total. The number of hydrogen-bond acceptors (Lipinski definition) is 2. The van der Waals surface area contributed by atoms with E-state index in [2.05, 4.69) is 45.5 Å². The molecule has 2 atom stereocenters. The second kappa shape index (κ2) is 4.43. The Morgan fingerprint density at radius 1 is 1.29 bits per heavy atom. The molecule has 1 aromatic carbocycles. The van der Waals surface area contributed by atoms with E-state index in [1.54, 1.807) is 0 Å². The Morgan fingerprint density at radius 3 is 2.64 bits per heavy atom. The summed E-state index contributed by atoms with van der Waals surface area (Å²) < 4.78 is 1.10. The molecule has 0 aromatic heterocycles. The highest BCUT2D eigenvalue weighted by Gasteiger charge is 2.27. The molecule has 0 amide bonds. The minimum absolute atomic E-state index is 0.272. The van der Waals surface area contributed by atoms with Gasteiger partial charge in [-0.25, -0.2) is 0 Å². The molecule has 0 spiro atoms. The van der Waals surface area contributed by atoms with Crippen molar-refractivity contribution in [1.29, 1.82) is 0 Å². The molecule has 14 heavy (non-hydrogen) atoms. The van der Waals surface area contributed by atoms with Crippen LogP contribution in [0.25, 0.3) is 0 Å². The van der Waals surface area contributed by atoms with Crippen LogP contribution < -0.4 is 5.32 Å². The van der Waals surface area contributed by atoms with E-state index in [0.29, 0.717) is 11.8 Å². The number of aliphatic hydroxyl groups excluding tert-OH is 1. The third-order valence-electron chi connectivity index (χ3n) is 2.87. The van der Waals surface area contributed by atoms with Crippen LogP contribution in [0.1, 0.15) is 11.5 Å². The highest BCUT2D eigenvalue weighted by Crippen LogP contribution is 2.28. The maximum Gasteiger partial charge on any atom is 0.0477 e. The zero-order valence-electron chi connectivity index (χ0n) is 7.91. The van der Waals surface area contributed by atoms with Crippen molar-refractivity contribution < 1.29 is 5.11 Å². The zero-order valence-corrected chi connectivity index (χ0v) is 9.50. The van der Waals surface area contributed by atoms with E-state index in [1.165, 1.54) is 5.56 Å². The molecule has 0 aliphatic carbocycles. The molecule has 3 heteroatoms. The SMILES string of the molecule is OC[C@H]1CNC[C@@H]1c1ccc(Br)cc1. The Morgan fingerprint density at radius 2 is 2.00 bits per heavy atom. The molecule has 0 bridgehead atoms. The van der Waals surface area contributed by atoms with Gasteiger partial charge in [-0.05, 0) is 17.7 Å². The summed E-state index contributed by atoms with van der Waals surface area (Å²) in [6.07, 6.45) is 0. The van der Waals surface area contributed by atoms with Crippen molar-refractivity contribution in [2.45, 2.75) is 5.92 Å². The lowest BCUT2D eigenvalue weighted by atomic mass is 9.90. The van der Waals surface area contributed by atoms with Gasteiger partial charge < -0.3 is 10.4 Å². The minimum atomic E-state index is 0.272. The van der Waals surface area contributed by atoms with Crippen molar-refractivity contribution in [3.63, 3.8) is 0 Å². The number of rotatable bonds is 2. The quantitative estimate of drug-likeness (QED) is 0.844. The molecule has 1 aromatic rings. The molecule has 2 N–H and O–H groups in total. The maximum atomic E-state index is 9.20. The summed E-state index contributed by atoms with van der Waals surface area (Å²) in [5, 5.41) is 12.5. The smallest absolute Gasteiger partial charge is 0.0477 e. The summed E-state index contributed by atoms with van der Waals surface area (Å²) in [6, 6.07) is 8.37. The van der Waals surface area contributed by atoms with Gasteiger partial charge in [0.15, 0.2) is 0 Å². The molecule has 0 unspecified atom stereocenters. The van der Waals surface area contributed by atoms with Crippen LogP contribution in [0.4, 0.5) is 0 Å². The highest BCUT2D eigenvalue weighted by atomic mass is 79.9. The van der Waals surface area contributed by atoms with E-state index in [0.717, 1.165) is 17.6 Å². The van der Waals surface area contributed by atoms with E-state index in [4.69, 9.17) is 0 Å². The van der Waals surface area contributed by atoms with E-state index < -0.39 is 0 Å². The second-order valence-electron chi connectivity index (χ2n) is 3.76. The summed E-state index contributed by atoms with van der Waals surface area (Å²) >= 11 is 3.42. The Hall–Kier alpha value is -0.380. The Bertz CT molecular complexity index is 299. The summed E-state index contributed by atoms with van der Waals surface area (Å²) in [6.45, 7) is 2.18. The van der Waals surface area contributed by atoms with E-state index in [9.17, 15) is 5.11 Å². The first kappa shape index (κ1) is 10.1. The van der Waals surface area contributed by atoms with Crippen LogP contribution in [0.3, 0.4) is 0 Å². The van der Waals surface area contributed by atoms with Crippen LogP contribution in [0.2, 0.25) is 0 Å². The zero-order chi connectivity index (χ0) is 9.97. The lowest BCUT2D eigenvalue weighted by molar-refractivity contribution is 0.226. The fourth-order valence-electron chi connectivity index (χ4n) is 2.02. The van der Waals surface area contributed by atoms with Crippen LogP contribution >= 0.6 is 15.9 Å². The van der Waals surface area contributed by atoms with E-state index >= 15 is 0 Å². The van der Waals surface area contributed by atoms with Crippen molar-refractivity contribution in [3.8, 4) is 0 Å². The fraction of sp³-hybridized carbons (Fsp3) is 0.455. The molecular weight excluding hydrogens is 242 g/mol. The van der Waals surface area contributed by atoms with Crippen LogP contribution in [0.15, 0.2) is 28.7 Å². The average molecular weight is 256 g/mol. The fourth-order valence-corrected chi connectivity index (χ4v) is 2.29. The largest absolute Gasteiger partial charge is 0.396 e. The van der Waals surface area contributed by atoms with Crippen molar-refractivity contribution in [2.24, 2.45) is 5.92 Å². The third kappa shape index (κ3) is 2.00. The number of nitrogens with one attached hydrogen (secondary N) is 1. The van der Waals surface area contributed by atoms with Gasteiger partial charge in [0.05, 0.1) is 0 Å². The van der Waals surface area contributed by atoms with Gasteiger partial charge in [0.1, 0.15) is 0 Å². The first-order valence-electron chi connectivity index (χ1n) is 4.88. The van der Waals surface area contributed by atoms with Gasteiger partial charge in [-0.1, -0.05) is 28.1 Å². The Labute approximate surface area is 92.5 Å². The number of hydrogen-bond donors (Lipinski definition) is 2. The first-order valence-corrected chi connectivity index (χ1v) is 5.67. The summed E-state index contributed by atoms with van der Waals surface area (Å²) in [4.78, 5) is 0. The van der Waals surface area contributed by atoms with Crippen molar-refractivity contribution in [1.82, 2.24) is 5.32 Å². The topological polar surface area (TPSA) is 32.3 Å². The summed E-state index contributed by atoms with van der Waals surface area (Å²) in [5.41, 5.74) is 1.32. The average Bonchev–Trinajstić information content (AvgIpc) is 2.67. The number of halogens is 1. The first-order chi connectivity index (χ1) is 6.81. The Balaban J connectivity index is 2.17. The van der Waals surface area contributed by atoms with E-state index in [-0.39, 0.29) is 6.61 Å². The molecule has 76 valence electrons. The van der Waals surface area contributed by atoms with Crippen LogP contribution in [0, 0.1) is 5.92 Å². The van der Waals surface area contributed by atoms with Gasteiger partial charge in [0.2, 0.25) is 0 Å². The lowest BCUT2D eigenvalue weighted by Crippen LogP contribution is -2.14. The molecule has 1 fully saturated rings. The molecule has 1 aliphatic rings. The summed E-state index contributed by atoms with van der Waals surface area (Å²) in [5.74, 6) is 0.837. The predicted molar refractivity (Wildman–Crippen MR) is 60.3 cm³/mol. The normalized spacial score (nSPS) is 26.7. The van der Waals surface area contributed by atoms with Gasteiger partial charge in [0.25, 0.3) is 0 Å². The van der Waals surface area contributed by atoms with Crippen molar-refractivity contribution in [3.05, 3.63) is 34.3 Å². The van der Waals surface area contributed by atoms with Gasteiger partial charge in [-0.2, -0.15) is 0 Å². The monoisotopic (exact) mass is 255 g/mol. The number of aliphatic hydroxyl groups is 1. The predicted octanol–water partition coefficient (Wildman–Crippen LogP) is 1.74. The van der Waals surface area contributed by atoms with Gasteiger partial charge in [-0.15, -0.1) is 0 Å². The molecule has 1 saturated heterocycles. The number of benzene rings is 1.